The van der Waals surface area contributed by atoms with Gasteiger partial charge >= 0.3 is 0 Å². The maximum atomic E-state index is 11.8. The standard InChI is InChI=1S/C10H14N2O2/c11-6-7-2-1-3-8(9(7)13)10-12-4-5-14-10/h1-3,8,10,12H,4-6,11H2. The number of allylic oxidation sites excluding steroid dienone is 2. The third kappa shape index (κ3) is 1.64. The molecule has 0 aromatic heterocycles. The summed E-state index contributed by atoms with van der Waals surface area (Å²) in [6, 6.07) is 0. The molecule has 0 saturated carbocycles. The largest absolute Gasteiger partial charge is 0.361 e. The van der Waals surface area contributed by atoms with Gasteiger partial charge in [-0.05, 0) is 0 Å². The summed E-state index contributed by atoms with van der Waals surface area (Å²) in [5, 5.41) is 3.14. The van der Waals surface area contributed by atoms with Crippen LogP contribution in [-0.4, -0.2) is 31.7 Å². The molecule has 4 heteroatoms. The van der Waals surface area contributed by atoms with Gasteiger partial charge in [-0.15, -0.1) is 0 Å². The van der Waals surface area contributed by atoms with Crippen LogP contribution < -0.4 is 11.1 Å². The van der Waals surface area contributed by atoms with Crippen LogP contribution in [0.1, 0.15) is 0 Å². The molecule has 0 radical (unpaired) electrons. The summed E-state index contributed by atoms with van der Waals surface area (Å²) >= 11 is 0. The average molecular weight is 194 g/mol. The van der Waals surface area contributed by atoms with Crippen molar-refractivity contribution in [2.75, 3.05) is 19.7 Å². The molecule has 0 aromatic rings. The smallest absolute Gasteiger partial charge is 0.170 e. The predicted octanol–water partition coefficient (Wildman–Crippen LogP) is -0.428. The molecule has 76 valence electrons. The highest BCUT2D eigenvalue weighted by molar-refractivity contribution is 6.00. The minimum absolute atomic E-state index is 0.0781. The van der Waals surface area contributed by atoms with Crippen molar-refractivity contribution in [3.8, 4) is 0 Å². The molecule has 1 heterocycles. The van der Waals surface area contributed by atoms with Gasteiger partial charge in [0.05, 0.1) is 12.5 Å². The second-order valence-electron chi connectivity index (χ2n) is 3.42. The molecule has 0 amide bonds. The zero-order valence-electron chi connectivity index (χ0n) is 7.90. The highest BCUT2D eigenvalue weighted by atomic mass is 16.5. The van der Waals surface area contributed by atoms with Crippen LogP contribution in [0.3, 0.4) is 0 Å². The molecule has 4 nitrogen and oxygen atoms in total. The van der Waals surface area contributed by atoms with E-state index in [1.54, 1.807) is 6.08 Å². The molecule has 1 saturated heterocycles. The van der Waals surface area contributed by atoms with Gasteiger partial charge in [0.15, 0.2) is 5.78 Å². The average Bonchev–Trinajstić information content (AvgIpc) is 2.71. The number of nitrogens with one attached hydrogen (secondary N) is 1. The van der Waals surface area contributed by atoms with E-state index >= 15 is 0 Å². The van der Waals surface area contributed by atoms with Crippen molar-refractivity contribution in [3.63, 3.8) is 0 Å². The van der Waals surface area contributed by atoms with Gasteiger partial charge in [0.1, 0.15) is 6.23 Å². The van der Waals surface area contributed by atoms with Gasteiger partial charge in [0.25, 0.3) is 0 Å². The Balaban J connectivity index is 2.11. The van der Waals surface area contributed by atoms with Crippen molar-refractivity contribution < 1.29 is 9.53 Å². The Bertz CT molecular complexity index is 290. The quantitative estimate of drug-likeness (QED) is 0.626. The molecule has 2 aliphatic rings. The summed E-state index contributed by atoms with van der Waals surface area (Å²) < 4.78 is 5.40. The van der Waals surface area contributed by atoms with Gasteiger partial charge in [-0.1, -0.05) is 18.2 Å². The molecule has 14 heavy (non-hydrogen) atoms. The summed E-state index contributed by atoms with van der Waals surface area (Å²) in [7, 11) is 0. The number of rotatable bonds is 2. The van der Waals surface area contributed by atoms with Crippen LogP contribution in [-0.2, 0) is 9.53 Å². The van der Waals surface area contributed by atoms with Gasteiger partial charge in [-0.3, -0.25) is 10.1 Å². The SMILES string of the molecule is NCC1=CC=CC(C2NCCO2)C1=O. The molecular weight excluding hydrogens is 180 g/mol. The van der Waals surface area contributed by atoms with Crippen LogP contribution in [0.2, 0.25) is 0 Å². The fourth-order valence-corrected chi connectivity index (χ4v) is 1.76. The van der Waals surface area contributed by atoms with Crippen molar-refractivity contribution in [2.24, 2.45) is 11.7 Å². The lowest BCUT2D eigenvalue weighted by molar-refractivity contribution is -0.121. The van der Waals surface area contributed by atoms with Crippen molar-refractivity contribution >= 4 is 5.78 Å². The molecule has 1 aliphatic carbocycles. The van der Waals surface area contributed by atoms with E-state index < -0.39 is 0 Å². The number of carbonyl (C=O) groups excluding carboxylic acids is 1. The predicted molar refractivity (Wildman–Crippen MR) is 52.5 cm³/mol. The Hall–Kier alpha value is -0.970. The summed E-state index contributed by atoms with van der Waals surface area (Å²) in [6.07, 6.45) is 5.34. The van der Waals surface area contributed by atoms with E-state index in [1.807, 2.05) is 12.2 Å². The zero-order chi connectivity index (χ0) is 9.97. The normalized spacial score (nSPS) is 32.1. The molecule has 2 unspecified atom stereocenters. The molecule has 0 spiro atoms. The maximum Gasteiger partial charge on any atom is 0.170 e. The van der Waals surface area contributed by atoms with Crippen LogP contribution in [0.4, 0.5) is 0 Å². The summed E-state index contributed by atoms with van der Waals surface area (Å²) in [5.74, 6) is -0.129. The molecule has 1 fully saturated rings. The van der Waals surface area contributed by atoms with E-state index in [-0.39, 0.29) is 17.9 Å². The first-order valence-corrected chi connectivity index (χ1v) is 4.79. The number of carbonyl (C=O) groups is 1. The monoisotopic (exact) mass is 194 g/mol. The highest BCUT2D eigenvalue weighted by Crippen LogP contribution is 2.19. The van der Waals surface area contributed by atoms with Crippen LogP contribution >= 0.6 is 0 Å². The number of Topliss-reactive ketones (excluding diaryl/α,β-unsaturated/α-hetero) is 1. The topological polar surface area (TPSA) is 64.3 Å². The molecule has 0 aromatic carbocycles. The lowest BCUT2D eigenvalue weighted by Crippen LogP contribution is -2.38. The van der Waals surface area contributed by atoms with E-state index in [4.69, 9.17) is 10.5 Å². The summed E-state index contributed by atoms with van der Waals surface area (Å²) in [4.78, 5) is 11.8. The molecule has 3 N–H and O–H groups in total. The van der Waals surface area contributed by atoms with Crippen molar-refractivity contribution in [3.05, 3.63) is 23.8 Å². The third-order valence-electron chi connectivity index (χ3n) is 2.53. The van der Waals surface area contributed by atoms with Gasteiger partial charge in [-0.25, -0.2) is 0 Å². The number of nitrogens with two attached hydrogens (primary N) is 1. The van der Waals surface area contributed by atoms with Gasteiger partial charge in [0, 0.05) is 18.7 Å². The first-order valence-electron chi connectivity index (χ1n) is 4.79. The van der Waals surface area contributed by atoms with E-state index in [0.717, 1.165) is 6.54 Å². The number of ketones is 1. The van der Waals surface area contributed by atoms with Crippen LogP contribution in [0, 0.1) is 5.92 Å². The molecule has 0 bridgehead atoms. The molecular formula is C10H14N2O2. The Labute approximate surface area is 82.8 Å². The Morgan fingerprint density at radius 3 is 3.14 bits per heavy atom. The molecule has 1 aliphatic heterocycles. The number of ether oxygens (including phenoxy) is 1. The van der Waals surface area contributed by atoms with Gasteiger partial charge in [0.2, 0.25) is 0 Å². The van der Waals surface area contributed by atoms with Crippen molar-refractivity contribution in [1.82, 2.24) is 5.32 Å². The van der Waals surface area contributed by atoms with Crippen LogP contribution in [0.25, 0.3) is 0 Å². The zero-order valence-corrected chi connectivity index (χ0v) is 7.90. The third-order valence-corrected chi connectivity index (χ3v) is 2.53. The van der Waals surface area contributed by atoms with E-state index in [2.05, 4.69) is 5.32 Å². The Kier molecular flexibility index (Phi) is 2.77. The Morgan fingerprint density at radius 1 is 1.64 bits per heavy atom. The highest BCUT2D eigenvalue weighted by Gasteiger charge is 2.31. The van der Waals surface area contributed by atoms with Crippen molar-refractivity contribution in [1.29, 1.82) is 0 Å². The number of hydrogen-bond acceptors (Lipinski definition) is 4. The summed E-state index contributed by atoms with van der Waals surface area (Å²) in [5.41, 5.74) is 6.15. The minimum Gasteiger partial charge on any atom is -0.361 e. The first-order chi connectivity index (χ1) is 6.83. The number of hydrogen-bond donors (Lipinski definition) is 2. The van der Waals surface area contributed by atoms with Gasteiger partial charge < -0.3 is 10.5 Å². The van der Waals surface area contributed by atoms with Crippen molar-refractivity contribution in [2.45, 2.75) is 6.23 Å². The van der Waals surface area contributed by atoms with Gasteiger partial charge in [-0.2, -0.15) is 0 Å². The van der Waals surface area contributed by atoms with E-state index in [0.29, 0.717) is 18.7 Å². The maximum absolute atomic E-state index is 11.8. The van der Waals surface area contributed by atoms with E-state index in [9.17, 15) is 4.79 Å². The minimum atomic E-state index is -0.207. The summed E-state index contributed by atoms with van der Waals surface area (Å²) in [6.45, 7) is 1.78. The fourth-order valence-electron chi connectivity index (χ4n) is 1.76. The van der Waals surface area contributed by atoms with Crippen LogP contribution in [0.15, 0.2) is 23.8 Å². The molecule has 2 rings (SSSR count). The Morgan fingerprint density at radius 2 is 2.50 bits per heavy atom. The fraction of sp³-hybridized carbons (Fsp3) is 0.500. The van der Waals surface area contributed by atoms with E-state index in [1.165, 1.54) is 0 Å². The van der Waals surface area contributed by atoms with Crippen LogP contribution in [0.5, 0.6) is 0 Å². The first kappa shape index (κ1) is 9.58. The second-order valence-corrected chi connectivity index (χ2v) is 3.42. The second kappa shape index (κ2) is 4.04. The lowest BCUT2D eigenvalue weighted by atomic mass is 9.91. The molecule has 2 atom stereocenters. The lowest BCUT2D eigenvalue weighted by Gasteiger charge is -2.21.